The van der Waals surface area contributed by atoms with E-state index in [1.54, 1.807) is 0 Å². The van der Waals surface area contributed by atoms with Crippen LogP contribution in [0.1, 0.15) is 102 Å². The topological polar surface area (TPSA) is 85.9 Å². The van der Waals surface area contributed by atoms with Gasteiger partial charge >= 0.3 is 0 Å². The van der Waals surface area contributed by atoms with Crippen molar-refractivity contribution in [3.8, 4) is 0 Å². The molecule has 0 bridgehead atoms. The van der Waals surface area contributed by atoms with Gasteiger partial charge in [-0.3, -0.25) is 9.59 Å². The molecule has 0 aliphatic rings. The fraction of sp³-hybridized carbons (Fsp3) is 0.929. The monoisotopic (exact) mass is 500 g/mol. The molecule has 0 aliphatic carbocycles. The van der Waals surface area contributed by atoms with Gasteiger partial charge in [0, 0.05) is 17.5 Å². The number of ketones is 1. The standard InChI is InChI=1S/C28H56N2O5/c1-13-25(5,6)22(31)20-33-21-23(32)29-17-19-35-27(9,10)15-18-34-26(7,8)14-16-30-28(11,12)24(2,3)4/h30H,13-21H2,1-12H3,(H,29,32). The lowest BCUT2D eigenvalue weighted by atomic mass is 9.76. The van der Waals surface area contributed by atoms with E-state index in [9.17, 15) is 9.59 Å². The molecule has 0 saturated carbocycles. The Hall–Kier alpha value is -1.02. The summed E-state index contributed by atoms with van der Waals surface area (Å²) in [5.41, 5.74) is -0.782. The summed E-state index contributed by atoms with van der Waals surface area (Å²) in [6.07, 6.45) is 2.41. The second kappa shape index (κ2) is 14.1. The van der Waals surface area contributed by atoms with Crippen LogP contribution in [-0.4, -0.2) is 67.9 Å². The molecular formula is C28H56N2O5. The molecular weight excluding hydrogens is 444 g/mol. The van der Waals surface area contributed by atoms with Crippen molar-refractivity contribution in [2.45, 2.75) is 119 Å². The predicted octanol–water partition coefficient (Wildman–Crippen LogP) is 4.91. The van der Waals surface area contributed by atoms with E-state index >= 15 is 0 Å². The number of rotatable bonds is 18. The van der Waals surface area contributed by atoms with Crippen molar-refractivity contribution < 1.29 is 23.8 Å². The molecule has 0 spiro atoms. The first-order valence-corrected chi connectivity index (χ1v) is 13.2. The smallest absolute Gasteiger partial charge is 0.246 e. The Labute approximate surface area is 215 Å². The fourth-order valence-corrected chi connectivity index (χ4v) is 2.86. The normalized spacial score (nSPS) is 13.7. The van der Waals surface area contributed by atoms with Crippen molar-refractivity contribution in [3.05, 3.63) is 0 Å². The van der Waals surface area contributed by atoms with Crippen LogP contribution < -0.4 is 10.6 Å². The average Bonchev–Trinajstić information content (AvgIpc) is 2.69. The second-order valence-corrected chi connectivity index (χ2v) is 13.0. The zero-order chi connectivity index (χ0) is 27.6. The number of hydrogen-bond acceptors (Lipinski definition) is 6. The summed E-state index contributed by atoms with van der Waals surface area (Å²) in [6, 6.07) is 0. The van der Waals surface area contributed by atoms with Gasteiger partial charge in [0.05, 0.1) is 24.4 Å². The molecule has 0 aliphatic heterocycles. The molecule has 0 atom stereocenters. The molecule has 0 radical (unpaired) electrons. The Bertz CT molecular complexity index is 648. The van der Waals surface area contributed by atoms with Gasteiger partial charge in [-0.15, -0.1) is 0 Å². The zero-order valence-corrected chi connectivity index (χ0v) is 24.9. The summed E-state index contributed by atoms with van der Waals surface area (Å²) in [5.74, 6) is -0.241. The number of amides is 1. The Kier molecular flexibility index (Phi) is 13.6. The van der Waals surface area contributed by atoms with Crippen LogP contribution in [0.2, 0.25) is 0 Å². The molecule has 0 fully saturated rings. The fourth-order valence-electron chi connectivity index (χ4n) is 2.86. The minimum absolute atomic E-state index is 0.00767. The highest BCUT2D eigenvalue weighted by Crippen LogP contribution is 2.29. The number of Topliss-reactive ketones (excluding diaryl/α,β-unsaturated/α-hetero) is 1. The molecule has 2 N–H and O–H groups in total. The van der Waals surface area contributed by atoms with Crippen molar-refractivity contribution >= 4 is 11.7 Å². The number of carbonyl (C=O) groups is 2. The van der Waals surface area contributed by atoms with Crippen molar-refractivity contribution in [3.63, 3.8) is 0 Å². The van der Waals surface area contributed by atoms with E-state index in [0.29, 0.717) is 19.8 Å². The van der Waals surface area contributed by atoms with Gasteiger partial charge in [0.2, 0.25) is 5.91 Å². The second-order valence-electron chi connectivity index (χ2n) is 13.0. The highest BCUT2D eigenvalue weighted by atomic mass is 16.5. The van der Waals surface area contributed by atoms with E-state index in [2.05, 4.69) is 59.1 Å². The summed E-state index contributed by atoms with van der Waals surface area (Å²) < 4.78 is 17.4. The molecule has 35 heavy (non-hydrogen) atoms. The van der Waals surface area contributed by atoms with Crippen LogP contribution in [0, 0.1) is 10.8 Å². The van der Waals surface area contributed by atoms with Gasteiger partial charge in [-0.25, -0.2) is 0 Å². The summed E-state index contributed by atoms with van der Waals surface area (Å²) in [4.78, 5) is 24.0. The van der Waals surface area contributed by atoms with Gasteiger partial charge in [-0.1, -0.05) is 41.5 Å². The summed E-state index contributed by atoms with van der Waals surface area (Å²) in [6.45, 7) is 27.4. The van der Waals surface area contributed by atoms with E-state index < -0.39 is 5.41 Å². The lowest BCUT2D eigenvalue weighted by Crippen LogP contribution is -2.51. The highest BCUT2D eigenvalue weighted by molar-refractivity contribution is 5.85. The number of ether oxygens (including phenoxy) is 3. The van der Waals surface area contributed by atoms with Crippen LogP contribution in [0.4, 0.5) is 0 Å². The molecule has 208 valence electrons. The largest absolute Gasteiger partial charge is 0.375 e. The first-order valence-electron chi connectivity index (χ1n) is 13.2. The first kappa shape index (κ1) is 34.0. The lowest BCUT2D eigenvalue weighted by molar-refractivity contribution is -0.135. The number of nitrogens with one attached hydrogen (secondary N) is 2. The van der Waals surface area contributed by atoms with Crippen LogP contribution in [-0.2, 0) is 23.8 Å². The minimum Gasteiger partial charge on any atom is -0.375 e. The van der Waals surface area contributed by atoms with Crippen molar-refractivity contribution in [1.29, 1.82) is 0 Å². The molecule has 0 aromatic rings. The van der Waals surface area contributed by atoms with Gasteiger partial charge in [-0.2, -0.15) is 0 Å². The van der Waals surface area contributed by atoms with Crippen molar-refractivity contribution in [2.75, 3.05) is 39.5 Å². The third-order valence-electron chi connectivity index (χ3n) is 7.39. The average molecular weight is 501 g/mol. The quantitative estimate of drug-likeness (QED) is 0.260. The Morgan fingerprint density at radius 3 is 1.80 bits per heavy atom. The Morgan fingerprint density at radius 2 is 1.26 bits per heavy atom. The minimum atomic E-state index is -0.422. The Balaban J connectivity index is 4.12. The zero-order valence-electron chi connectivity index (χ0n) is 24.9. The first-order chi connectivity index (χ1) is 15.7. The van der Waals surface area contributed by atoms with E-state index in [4.69, 9.17) is 14.2 Å². The van der Waals surface area contributed by atoms with E-state index in [1.807, 2.05) is 34.6 Å². The molecule has 0 heterocycles. The molecule has 7 heteroatoms. The maximum absolute atomic E-state index is 12.0. The number of hydrogen-bond donors (Lipinski definition) is 2. The molecule has 0 rings (SSSR count). The third-order valence-corrected chi connectivity index (χ3v) is 7.39. The molecule has 0 aromatic heterocycles. The van der Waals surface area contributed by atoms with Gasteiger partial charge in [0.1, 0.15) is 13.2 Å². The number of carbonyl (C=O) groups excluding carboxylic acids is 2. The SMILES string of the molecule is CCC(C)(C)C(=O)COCC(=O)NCCOC(C)(C)CCOC(C)(C)CCNC(C)(C)C(C)(C)C. The van der Waals surface area contributed by atoms with Crippen LogP contribution in [0.3, 0.4) is 0 Å². The Morgan fingerprint density at radius 1 is 0.714 bits per heavy atom. The lowest BCUT2D eigenvalue weighted by Gasteiger charge is -2.40. The van der Waals surface area contributed by atoms with Crippen LogP contribution in [0.25, 0.3) is 0 Å². The van der Waals surface area contributed by atoms with Gasteiger partial charge < -0.3 is 24.8 Å². The maximum Gasteiger partial charge on any atom is 0.246 e. The van der Waals surface area contributed by atoms with Gasteiger partial charge in [0.15, 0.2) is 5.78 Å². The van der Waals surface area contributed by atoms with Crippen molar-refractivity contribution in [1.82, 2.24) is 10.6 Å². The van der Waals surface area contributed by atoms with Gasteiger partial charge in [-0.05, 0) is 72.8 Å². The summed E-state index contributed by atoms with van der Waals surface area (Å²) >= 11 is 0. The molecule has 7 nitrogen and oxygen atoms in total. The van der Waals surface area contributed by atoms with Gasteiger partial charge in [0.25, 0.3) is 0 Å². The van der Waals surface area contributed by atoms with E-state index in [0.717, 1.165) is 25.8 Å². The van der Waals surface area contributed by atoms with Crippen LogP contribution in [0.5, 0.6) is 0 Å². The van der Waals surface area contributed by atoms with E-state index in [-0.39, 0.29) is 47.1 Å². The van der Waals surface area contributed by atoms with Crippen LogP contribution in [0.15, 0.2) is 0 Å². The van der Waals surface area contributed by atoms with Crippen molar-refractivity contribution in [2.24, 2.45) is 10.8 Å². The maximum atomic E-state index is 12.0. The highest BCUT2D eigenvalue weighted by Gasteiger charge is 2.32. The molecule has 0 unspecified atom stereocenters. The molecule has 0 aromatic carbocycles. The molecule has 1 amide bonds. The summed E-state index contributed by atoms with van der Waals surface area (Å²) in [7, 11) is 0. The third kappa shape index (κ3) is 14.3. The van der Waals surface area contributed by atoms with Crippen LogP contribution >= 0.6 is 0 Å². The summed E-state index contributed by atoms with van der Waals surface area (Å²) in [5, 5.41) is 6.44. The molecule has 0 saturated heterocycles. The van der Waals surface area contributed by atoms with E-state index in [1.165, 1.54) is 0 Å². The predicted molar refractivity (Wildman–Crippen MR) is 144 cm³/mol.